The van der Waals surface area contributed by atoms with Gasteiger partial charge in [-0.1, -0.05) is 43.2 Å². The molecule has 0 bridgehead atoms. The third-order valence-corrected chi connectivity index (χ3v) is 4.84. The fourth-order valence-corrected chi connectivity index (χ4v) is 3.27. The first-order valence-electron chi connectivity index (χ1n) is 9.58. The summed E-state index contributed by atoms with van der Waals surface area (Å²) in [5.74, 6) is 0.0319. The average Bonchev–Trinajstić information content (AvgIpc) is 3.01. The highest BCUT2D eigenvalue weighted by Gasteiger charge is 2.31. The van der Waals surface area contributed by atoms with Crippen LogP contribution in [0.15, 0.2) is 48.5 Å². The summed E-state index contributed by atoms with van der Waals surface area (Å²) >= 11 is 0. The number of unbranched alkanes of at least 4 members (excludes halogenated alkanes) is 1. The van der Waals surface area contributed by atoms with Crippen LogP contribution in [0.2, 0.25) is 0 Å². The van der Waals surface area contributed by atoms with Crippen LogP contribution in [0.4, 0.5) is 16.2 Å². The normalized spacial score (nSPS) is 16.4. The summed E-state index contributed by atoms with van der Waals surface area (Å²) in [6, 6.07) is 15.3. The van der Waals surface area contributed by atoms with E-state index in [0.717, 1.165) is 23.4 Å². The van der Waals surface area contributed by atoms with Gasteiger partial charge in [0.25, 0.3) is 0 Å². The molecule has 1 aliphatic heterocycles. The van der Waals surface area contributed by atoms with E-state index in [0.29, 0.717) is 13.0 Å². The van der Waals surface area contributed by atoms with E-state index in [2.05, 4.69) is 17.6 Å². The van der Waals surface area contributed by atoms with Crippen LogP contribution in [-0.4, -0.2) is 24.5 Å². The van der Waals surface area contributed by atoms with Crippen molar-refractivity contribution in [1.29, 1.82) is 0 Å². The van der Waals surface area contributed by atoms with Crippen LogP contribution in [0.25, 0.3) is 0 Å². The smallest absolute Gasteiger partial charge is 0.319 e. The Balaban J connectivity index is 1.52. The first-order chi connectivity index (χ1) is 13.0. The van der Waals surface area contributed by atoms with Crippen molar-refractivity contribution in [3.8, 4) is 0 Å². The standard InChI is InChI=1S/C22H27N3O2/c1-3-4-5-17-8-10-18(11-9-17)23-22(27)24-19-14-21(26)25(15-19)20-12-6-16(2)7-13-20/h6-13,19H,3-5,14-15H2,1-2H3,(H2,23,24,27)/t19-/m0/s1. The minimum atomic E-state index is -0.278. The van der Waals surface area contributed by atoms with Gasteiger partial charge in [-0.3, -0.25) is 4.79 Å². The second-order valence-electron chi connectivity index (χ2n) is 7.14. The lowest BCUT2D eigenvalue weighted by atomic mass is 10.1. The van der Waals surface area contributed by atoms with Crippen LogP contribution >= 0.6 is 0 Å². The first kappa shape index (κ1) is 19.0. The molecule has 3 amide bonds. The molecule has 1 aliphatic rings. The van der Waals surface area contributed by atoms with Crippen LogP contribution in [0.5, 0.6) is 0 Å². The summed E-state index contributed by atoms with van der Waals surface area (Å²) in [4.78, 5) is 26.3. The Labute approximate surface area is 160 Å². The number of amides is 3. The molecule has 27 heavy (non-hydrogen) atoms. The van der Waals surface area contributed by atoms with Gasteiger partial charge in [0.1, 0.15) is 0 Å². The van der Waals surface area contributed by atoms with Gasteiger partial charge >= 0.3 is 6.03 Å². The summed E-state index contributed by atoms with van der Waals surface area (Å²) in [5.41, 5.74) is 4.06. The highest BCUT2D eigenvalue weighted by molar-refractivity contribution is 5.97. The SMILES string of the molecule is CCCCc1ccc(NC(=O)N[C@H]2CC(=O)N(c3ccc(C)cc3)C2)cc1. The van der Waals surface area contributed by atoms with Gasteiger partial charge < -0.3 is 15.5 Å². The molecule has 0 spiro atoms. The van der Waals surface area contributed by atoms with E-state index in [1.165, 1.54) is 18.4 Å². The van der Waals surface area contributed by atoms with E-state index in [1.54, 1.807) is 4.90 Å². The molecule has 0 saturated carbocycles. The predicted molar refractivity (Wildman–Crippen MR) is 109 cm³/mol. The lowest BCUT2D eigenvalue weighted by molar-refractivity contribution is -0.117. The number of nitrogens with one attached hydrogen (secondary N) is 2. The molecule has 1 saturated heterocycles. The van der Waals surface area contributed by atoms with Gasteiger partial charge in [0, 0.05) is 24.3 Å². The van der Waals surface area contributed by atoms with Crippen molar-refractivity contribution in [2.45, 2.75) is 45.6 Å². The van der Waals surface area contributed by atoms with Crippen LogP contribution in [0.1, 0.15) is 37.3 Å². The highest BCUT2D eigenvalue weighted by atomic mass is 16.2. The largest absolute Gasteiger partial charge is 0.333 e. The zero-order chi connectivity index (χ0) is 19.2. The maximum atomic E-state index is 12.3. The summed E-state index contributed by atoms with van der Waals surface area (Å²) in [7, 11) is 0. The van der Waals surface area contributed by atoms with Gasteiger partial charge in [-0.15, -0.1) is 0 Å². The molecule has 0 radical (unpaired) electrons. The first-order valence-corrected chi connectivity index (χ1v) is 9.58. The van der Waals surface area contributed by atoms with Crippen molar-refractivity contribution < 1.29 is 9.59 Å². The number of anilines is 2. The van der Waals surface area contributed by atoms with E-state index < -0.39 is 0 Å². The fourth-order valence-electron chi connectivity index (χ4n) is 3.27. The van der Waals surface area contributed by atoms with Gasteiger partial charge in [0.2, 0.25) is 5.91 Å². The van der Waals surface area contributed by atoms with Crippen molar-refractivity contribution in [2.24, 2.45) is 0 Å². The Morgan fingerprint density at radius 2 is 1.81 bits per heavy atom. The molecule has 3 rings (SSSR count). The molecule has 0 aliphatic carbocycles. The van der Waals surface area contributed by atoms with E-state index in [9.17, 15) is 9.59 Å². The second-order valence-corrected chi connectivity index (χ2v) is 7.14. The van der Waals surface area contributed by atoms with E-state index >= 15 is 0 Å². The molecule has 5 nitrogen and oxygen atoms in total. The number of urea groups is 1. The quantitative estimate of drug-likeness (QED) is 0.803. The molecule has 2 aromatic carbocycles. The maximum Gasteiger partial charge on any atom is 0.319 e. The molecular weight excluding hydrogens is 338 g/mol. The van der Waals surface area contributed by atoms with Crippen molar-refractivity contribution >= 4 is 23.3 Å². The van der Waals surface area contributed by atoms with Crippen LogP contribution in [-0.2, 0) is 11.2 Å². The van der Waals surface area contributed by atoms with Crippen molar-refractivity contribution in [3.05, 3.63) is 59.7 Å². The Bertz CT molecular complexity index is 784. The molecule has 2 aromatic rings. The minimum absolute atomic E-state index is 0.0319. The molecule has 0 aromatic heterocycles. The zero-order valence-electron chi connectivity index (χ0n) is 16.0. The topological polar surface area (TPSA) is 61.4 Å². The zero-order valence-corrected chi connectivity index (χ0v) is 16.0. The number of nitrogens with zero attached hydrogens (tertiary/aromatic N) is 1. The van der Waals surface area contributed by atoms with E-state index in [1.807, 2.05) is 55.5 Å². The maximum absolute atomic E-state index is 12.3. The molecular formula is C22H27N3O2. The van der Waals surface area contributed by atoms with Gasteiger partial charge in [0.15, 0.2) is 0 Å². The molecule has 0 unspecified atom stereocenters. The number of benzene rings is 2. The minimum Gasteiger partial charge on any atom is -0.333 e. The lowest BCUT2D eigenvalue weighted by Crippen LogP contribution is -2.39. The van der Waals surface area contributed by atoms with Gasteiger partial charge in [-0.25, -0.2) is 4.79 Å². The van der Waals surface area contributed by atoms with Crippen molar-refractivity contribution in [1.82, 2.24) is 5.32 Å². The van der Waals surface area contributed by atoms with Gasteiger partial charge in [0.05, 0.1) is 6.04 Å². The summed E-state index contributed by atoms with van der Waals surface area (Å²) < 4.78 is 0. The fraction of sp³-hybridized carbons (Fsp3) is 0.364. The number of carbonyl (C=O) groups excluding carboxylic acids is 2. The summed E-state index contributed by atoms with van der Waals surface area (Å²) in [5, 5.41) is 5.75. The van der Waals surface area contributed by atoms with Gasteiger partial charge in [-0.05, 0) is 49.6 Å². The predicted octanol–water partition coefficient (Wildman–Crippen LogP) is 4.26. The van der Waals surface area contributed by atoms with Crippen LogP contribution in [0, 0.1) is 6.92 Å². The molecule has 5 heteroatoms. The third-order valence-electron chi connectivity index (χ3n) is 4.84. The van der Waals surface area contributed by atoms with Crippen LogP contribution < -0.4 is 15.5 Å². The molecule has 2 N–H and O–H groups in total. The number of carbonyl (C=O) groups is 2. The summed E-state index contributed by atoms with van der Waals surface area (Å²) in [6.45, 7) is 4.68. The van der Waals surface area contributed by atoms with E-state index in [-0.39, 0.29) is 18.0 Å². The second kappa shape index (κ2) is 8.71. The lowest BCUT2D eigenvalue weighted by Gasteiger charge is -2.17. The van der Waals surface area contributed by atoms with Gasteiger partial charge in [-0.2, -0.15) is 0 Å². The number of aryl methyl sites for hydroxylation is 2. The highest BCUT2D eigenvalue weighted by Crippen LogP contribution is 2.22. The Kier molecular flexibility index (Phi) is 6.12. The molecule has 1 atom stereocenters. The molecule has 142 valence electrons. The van der Waals surface area contributed by atoms with Crippen molar-refractivity contribution in [3.63, 3.8) is 0 Å². The summed E-state index contributed by atoms with van der Waals surface area (Å²) in [6.07, 6.45) is 3.71. The number of rotatable bonds is 6. The Morgan fingerprint density at radius 3 is 2.48 bits per heavy atom. The molecule has 1 heterocycles. The van der Waals surface area contributed by atoms with E-state index in [4.69, 9.17) is 0 Å². The van der Waals surface area contributed by atoms with Crippen LogP contribution in [0.3, 0.4) is 0 Å². The Morgan fingerprint density at radius 1 is 1.11 bits per heavy atom. The number of hydrogen-bond acceptors (Lipinski definition) is 2. The monoisotopic (exact) mass is 365 g/mol. The van der Waals surface area contributed by atoms with Crippen molar-refractivity contribution in [2.75, 3.05) is 16.8 Å². The molecule has 1 fully saturated rings. The average molecular weight is 365 g/mol. The third kappa shape index (κ3) is 5.09. The number of hydrogen-bond donors (Lipinski definition) is 2. The Hall–Kier alpha value is -2.82.